The number of rotatable bonds is 0. The third-order valence-electron chi connectivity index (χ3n) is 2.15. The van der Waals surface area contributed by atoms with E-state index in [2.05, 4.69) is 27.0 Å². The van der Waals surface area contributed by atoms with Crippen LogP contribution in [0.3, 0.4) is 0 Å². The van der Waals surface area contributed by atoms with E-state index in [1.165, 1.54) is 0 Å². The summed E-state index contributed by atoms with van der Waals surface area (Å²) in [5.74, 6) is 0. The second kappa shape index (κ2) is 3.10. The lowest BCUT2D eigenvalue weighted by Crippen LogP contribution is -1.90. The van der Waals surface area contributed by atoms with Crippen LogP contribution in [0.5, 0.6) is 0 Å². The number of nitriles is 1. The number of nitrogens with zero attached hydrogens (tertiary/aromatic N) is 3. The van der Waals surface area contributed by atoms with Gasteiger partial charge in [-0.3, -0.25) is 4.40 Å². The first-order chi connectivity index (χ1) is 6.63. The lowest BCUT2D eigenvalue weighted by Gasteiger charge is -1.99. The van der Waals surface area contributed by atoms with E-state index in [-0.39, 0.29) is 0 Å². The second-order valence-corrected chi connectivity index (χ2v) is 4.11. The molecular weight excluding hydrogens is 242 g/mol. The van der Waals surface area contributed by atoms with Crippen LogP contribution >= 0.6 is 15.9 Å². The van der Waals surface area contributed by atoms with Crippen LogP contribution < -0.4 is 0 Å². The van der Waals surface area contributed by atoms with Crippen molar-refractivity contribution < 1.29 is 0 Å². The Bertz CT molecular complexity index is 548. The van der Waals surface area contributed by atoms with Crippen molar-refractivity contribution in [2.24, 2.45) is 0 Å². The van der Waals surface area contributed by atoms with Gasteiger partial charge in [0.1, 0.15) is 17.4 Å². The molecule has 0 bridgehead atoms. The van der Waals surface area contributed by atoms with Crippen LogP contribution in [0.25, 0.3) is 5.65 Å². The fourth-order valence-corrected chi connectivity index (χ4v) is 2.06. The molecule has 0 amide bonds. The first kappa shape index (κ1) is 9.22. The Labute approximate surface area is 90.1 Å². The average Bonchev–Trinajstić information content (AvgIpc) is 2.41. The molecule has 0 aromatic carbocycles. The van der Waals surface area contributed by atoms with E-state index in [1.807, 2.05) is 30.5 Å². The minimum atomic E-state index is 0.601. The Morgan fingerprint density at radius 2 is 2.21 bits per heavy atom. The Morgan fingerprint density at radius 1 is 1.50 bits per heavy atom. The van der Waals surface area contributed by atoms with E-state index in [0.717, 1.165) is 21.4 Å². The van der Waals surface area contributed by atoms with Crippen molar-refractivity contribution in [3.63, 3.8) is 0 Å². The third-order valence-corrected chi connectivity index (χ3v) is 2.58. The van der Waals surface area contributed by atoms with Crippen molar-refractivity contribution in [2.45, 2.75) is 13.8 Å². The Balaban J connectivity index is 2.97. The van der Waals surface area contributed by atoms with E-state index in [4.69, 9.17) is 5.26 Å². The number of aromatic nitrogens is 2. The summed E-state index contributed by atoms with van der Waals surface area (Å²) in [6, 6.07) is 4.14. The molecule has 2 aromatic rings. The number of hydrogen-bond donors (Lipinski definition) is 0. The fourth-order valence-electron chi connectivity index (χ4n) is 1.52. The molecule has 70 valence electrons. The second-order valence-electron chi connectivity index (χ2n) is 3.19. The van der Waals surface area contributed by atoms with Gasteiger partial charge in [0.25, 0.3) is 0 Å². The smallest absolute Gasteiger partial charge is 0.147 e. The summed E-state index contributed by atoms with van der Waals surface area (Å²) in [5, 5.41) is 8.96. The molecule has 2 aromatic heterocycles. The largest absolute Gasteiger partial charge is 0.290 e. The monoisotopic (exact) mass is 249 g/mol. The van der Waals surface area contributed by atoms with E-state index in [9.17, 15) is 0 Å². The van der Waals surface area contributed by atoms with Crippen LogP contribution in [-0.2, 0) is 0 Å². The molecule has 0 aliphatic carbocycles. The maximum Gasteiger partial charge on any atom is 0.147 e. The first-order valence-corrected chi connectivity index (χ1v) is 4.97. The number of fused-ring (bicyclic) bond motifs is 1. The molecule has 2 heterocycles. The van der Waals surface area contributed by atoms with Crippen LogP contribution in [0, 0.1) is 25.2 Å². The minimum Gasteiger partial charge on any atom is -0.290 e. The number of halogens is 1. The average molecular weight is 250 g/mol. The fraction of sp³-hybridized carbons (Fsp3) is 0.200. The lowest BCUT2D eigenvalue weighted by molar-refractivity contribution is 1.12. The molecule has 0 spiro atoms. The van der Waals surface area contributed by atoms with Crippen molar-refractivity contribution in [1.29, 1.82) is 5.26 Å². The van der Waals surface area contributed by atoms with Crippen LogP contribution in [0.4, 0.5) is 0 Å². The molecule has 14 heavy (non-hydrogen) atoms. The molecule has 0 N–H and O–H groups in total. The number of pyridine rings is 1. The van der Waals surface area contributed by atoms with Crippen molar-refractivity contribution >= 4 is 21.6 Å². The van der Waals surface area contributed by atoms with Crippen molar-refractivity contribution in [2.75, 3.05) is 0 Å². The van der Waals surface area contributed by atoms with Crippen LogP contribution in [0.15, 0.2) is 16.7 Å². The summed E-state index contributed by atoms with van der Waals surface area (Å²) in [6.07, 6.45) is 1.86. The number of hydrogen-bond acceptors (Lipinski definition) is 2. The summed E-state index contributed by atoms with van der Waals surface area (Å²) in [6.45, 7) is 3.83. The van der Waals surface area contributed by atoms with Gasteiger partial charge in [0.2, 0.25) is 0 Å². The van der Waals surface area contributed by atoms with Crippen molar-refractivity contribution in [3.05, 3.63) is 33.7 Å². The molecule has 0 aliphatic rings. The third kappa shape index (κ3) is 1.21. The van der Waals surface area contributed by atoms with Crippen molar-refractivity contribution in [1.82, 2.24) is 9.38 Å². The number of imidazole rings is 1. The van der Waals surface area contributed by atoms with Gasteiger partial charge >= 0.3 is 0 Å². The van der Waals surface area contributed by atoms with Gasteiger partial charge in [0, 0.05) is 10.7 Å². The highest BCUT2D eigenvalue weighted by Gasteiger charge is 2.09. The molecule has 0 saturated carbocycles. The van der Waals surface area contributed by atoms with Gasteiger partial charge in [-0.1, -0.05) is 0 Å². The summed E-state index contributed by atoms with van der Waals surface area (Å²) in [7, 11) is 0. The molecule has 0 unspecified atom stereocenters. The zero-order valence-corrected chi connectivity index (χ0v) is 9.46. The van der Waals surface area contributed by atoms with E-state index < -0.39 is 0 Å². The predicted octanol–water partition coefficient (Wildman–Crippen LogP) is 2.59. The normalized spacial score (nSPS) is 10.4. The summed E-state index contributed by atoms with van der Waals surface area (Å²) in [4.78, 5) is 4.34. The minimum absolute atomic E-state index is 0.601. The van der Waals surface area contributed by atoms with Gasteiger partial charge in [0.05, 0.1) is 5.69 Å². The molecule has 0 aliphatic heterocycles. The van der Waals surface area contributed by atoms with Gasteiger partial charge in [-0.25, -0.2) is 4.98 Å². The SMILES string of the molecule is Cc1nc2c(C)cc(Br)cn2c1C#N. The van der Waals surface area contributed by atoms with Gasteiger partial charge in [-0.15, -0.1) is 0 Å². The van der Waals surface area contributed by atoms with E-state index in [1.54, 1.807) is 0 Å². The lowest BCUT2D eigenvalue weighted by atomic mass is 10.3. The molecule has 0 atom stereocenters. The van der Waals surface area contributed by atoms with Gasteiger partial charge in [0.15, 0.2) is 0 Å². The molecule has 2 rings (SSSR count). The Kier molecular flexibility index (Phi) is 2.05. The number of aryl methyl sites for hydroxylation is 2. The zero-order chi connectivity index (χ0) is 10.3. The standard InChI is InChI=1S/C10H8BrN3/c1-6-3-8(11)5-14-9(4-12)7(2)13-10(6)14/h3,5H,1-2H3. The van der Waals surface area contributed by atoms with Crippen LogP contribution in [0.1, 0.15) is 17.0 Å². The molecule has 4 heteroatoms. The van der Waals surface area contributed by atoms with Gasteiger partial charge in [-0.05, 0) is 41.4 Å². The van der Waals surface area contributed by atoms with Crippen LogP contribution in [0.2, 0.25) is 0 Å². The molecule has 0 radical (unpaired) electrons. The Hall–Kier alpha value is -1.34. The zero-order valence-electron chi connectivity index (χ0n) is 7.87. The molecular formula is C10H8BrN3. The van der Waals surface area contributed by atoms with E-state index >= 15 is 0 Å². The molecule has 0 saturated heterocycles. The highest BCUT2D eigenvalue weighted by molar-refractivity contribution is 9.10. The maximum absolute atomic E-state index is 8.96. The molecule has 3 nitrogen and oxygen atoms in total. The quantitative estimate of drug-likeness (QED) is 0.721. The highest BCUT2D eigenvalue weighted by Crippen LogP contribution is 2.19. The summed E-state index contributed by atoms with van der Waals surface area (Å²) >= 11 is 3.40. The van der Waals surface area contributed by atoms with Crippen molar-refractivity contribution in [3.8, 4) is 6.07 Å². The topological polar surface area (TPSA) is 41.1 Å². The Morgan fingerprint density at radius 3 is 2.86 bits per heavy atom. The summed E-state index contributed by atoms with van der Waals surface area (Å²) in [5.41, 5.74) is 3.28. The highest BCUT2D eigenvalue weighted by atomic mass is 79.9. The van der Waals surface area contributed by atoms with E-state index in [0.29, 0.717) is 5.69 Å². The maximum atomic E-state index is 8.96. The van der Waals surface area contributed by atoms with Gasteiger partial charge in [-0.2, -0.15) is 5.26 Å². The first-order valence-electron chi connectivity index (χ1n) is 4.18. The summed E-state index contributed by atoms with van der Waals surface area (Å²) < 4.78 is 2.77. The van der Waals surface area contributed by atoms with Gasteiger partial charge < -0.3 is 0 Å². The molecule has 0 fully saturated rings. The predicted molar refractivity (Wildman–Crippen MR) is 57.1 cm³/mol. The van der Waals surface area contributed by atoms with Crippen LogP contribution in [-0.4, -0.2) is 9.38 Å².